The maximum absolute atomic E-state index is 12.6. The summed E-state index contributed by atoms with van der Waals surface area (Å²) in [7, 11) is -1.76. The van der Waals surface area contributed by atoms with Crippen molar-refractivity contribution in [3.63, 3.8) is 0 Å². The lowest BCUT2D eigenvalue weighted by atomic mass is 10.0. The van der Waals surface area contributed by atoms with Gasteiger partial charge < -0.3 is 0 Å². The molecule has 1 saturated heterocycles. The fraction of sp³-hybridized carbons (Fsp3) is 0.667. The van der Waals surface area contributed by atoms with Crippen LogP contribution in [-0.2, 0) is 16.8 Å². The summed E-state index contributed by atoms with van der Waals surface area (Å²) in [6, 6.07) is 1.95. The van der Waals surface area contributed by atoms with Crippen molar-refractivity contribution in [1.82, 2.24) is 8.61 Å². The number of halogens is 2. The van der Waals surface area contributed by atoms with Crippen LogP contribution in [-0.4, -0.2) is 43.0 Å². The van der Waals surface area contributed by atoms with Crippen molar-refractivity contribution in [3.8, 4) is 0 Å². The van der Waals surface area contributed by atoms with Gasteiger partial charge >= 0.3 is 0 Å². The summed E-state index contributed by atoms with van der Waals surface area (Å²) in [6.45, 7) is 1.53. The molecular formula is C12H18BrClN2O2S2. The van der Waals surface area contributed by atoms with Gasteiger partial charge in [-0.05, 0) is 40.8 Å². The standard InChI is InChI=1S/C12H18BrClN2O2S2/c1-15(8-12-5-11(13)9-19-12)20(17,18)16-4-2-3-10(6-14)7-16/h5,9-10H,2-4,6-8H2,1H3. The summed E-state index contributed by atoms with van der Waals surface area (Å²) in [5.41, 5.74) is 0. The average Bonchev–Trinajstić information content (AvgIpc) is 2.84. The molecule has 0 saturated carbocycles. The fourth-order valence-corrected chi connectivity index (χ4v) is 5.59. The van der Waals surface area contributed by atoms with E-state index in [2.05, 4.69) is 15.9 Å². The molecule has 20 heavy (non-hydrogen) atoms. The molecule has 1 aliphatic heterocycles. The Labute approximate surface area is 138 Å². The van der Waals surface area contributed by atoms with Crippen molar-refractivity contribution in [2.24, 2.45) is 5.92 Å². The van der Waals surface area contributed by atoms with Gasteiger partial charge in [-0.3, -0.25) is 0 Å². The topological polar surface area (TPSA) is 40.6 Å². The first-order valence-electron chi connectivity index (χ1n) is 6.43. The van der Waals surface area contributed by atoms with Gasteiger partial charge in [0.25, 0.3) is 10.2 Å². The normalized spacial score (nSPS) is 21.5. The molecule has 0 N–H and O–H groups in total. The molecule has 0 spiro atoms. The summed E-state index contributed by atoms with van der Waals surface area (Å²) >= 11 is 10.8. The maximum atomic E-state index is 12.6. The molecule has 0 aromatic carbocycles. The molecule has 2 heterocycles. The van der Waals surface area contributed by atoms with Crippen LogP contribution in [0.3, 0.4) is 0 Å². The van der Waals surface area contributed by atoms with Crippen molar-refractivity contribution in [2.45, 2.75) is 19.4 Å². The highest BCUT2D eigenvalue weighted by molar-refractivity contribution is 9.10. The van der Waals surface area contributed by atoms with Gasteiger partial charge in [-0.1, -0.05) is 0 Å². The second-order valence-electron chi connectivity index (χ2n) is 5.02. The van der Waals surface area contributed by atoms with Crippen molar-refractivity contribution in [2.75, 3.05) is 26.0 Å². The van der Waals surface area contributed by atoms with Crippen LogP contribution in [0.1, 0.15) is 17.7 Å². The average molecular weight is 402 g/mol. The quantitative estimate of drug-likeness (QED) is 0.711. The molecule has 0 aliphatic carbocycles. The molecule has 1 aromatic rings. The molecule has 0 radical (unpaired) electrons. The van der Waals surface area contributed by atoms with Crippen LogP contribution in [0.15, 0.2) is 15.9 Å². The highest BCUT2D eigenvalue weighted by atomic mass is 79.9. The Balaban J connectivity index is 2.05. The van der Waals surface area contributed by atoms with Crippen LogP contribution in [0.2, 0.25) is 0 Å². The van der Waals surface area contributed by atoms with E-state index in [1.807, 2.05) is 11.4 Å². The van der Waals surface area contributed by atoms with Crippen LogP contribution in [0, 0.1) is 5.92 Å². The number of hydrogen-bond acceptors (Lipinski definition) is 3. The van der Waals surface area contributed by atoms with Crippen molar-refractivity contribution < 1.29 is 8.42 Å². The molecule has 1 aliphatic rings. The van der Waals surface area contributed by atoms with Crippen LogP contribution in [0.5, 0.6) is 0 Å². The summed E-state index contributed by atoms with van der Waals surface area (Å²) in [6.07, 6.45) is 1.89. The molecule has 1 aromatic heterocycles. The van der Waals surface area contributed by atoms with E-state index >= 15 is 0 Å². The second-order valence-corrected chi connectivity index (χ2v) is 9.27. The summed E-state index contributed by atoms with van der Waals surface area (Å²) < 4.78 is 29.1. The molecule has 114 valence electrons. The van der Waals surface area contributed by atoms with Crippen LogP contribution in [0.25, 0.3) is 0 Å². The molecule has 8 heteroatoms. The Morgan fingerprint density at radius 3 is 2.95 bits per heavy atom. The third-order valence-corrected chi connectivity index (χ3v) is 7.44. The number of piperidine rings is 1. The van der Waals surface area contributed by atoms with E-state index in [1.165, 1.54) is 4.31 Å². The molecule has 2 rings (SSSR count). The van der Waals surface area contributed by atoms with E-state index in [0.29, 0.717) is 25.5 Å². The highest BCUT2D eigenvalue weighted by Crippen LogP contribution is 2.25. The fourth-order valence-electron chi connectivity index (χ4n) is 2.30. The number of nitrogens with zero attached hydrogens (tertiary/aromatic N) is 2. The Morgan fingerprint density at radius 2 is 2.35 bits per heavy atom. The SMILES string of the molecule is CN(Cc1cc(Br)cs1)S(=O)(=O)N1CCCC(CCl)C1. The largest absolute Gasteiger partial charge is 0.282 e. The van der Waals surface area contributed by atoms with Crippen molar-refractivity contribution >= 4 is 49.1 Å². The first kappa shape index (κ1) is 16.7. The Bertz CT molecular complexity index is 549. The van der Waals surface area contributed by atoms with E-state index in [1.54, 1.807) is 22.7 Å². The zero-order valence-electron chi connectivity index (χ0n) is 11.3. The number of thiophene rings is 1. The van der Waals surface area contributed by atoms with Gasteiger partial charge in [0.2, 0.25) is 0 Å². The van der Waals surface area contributed by atoms with Crippen molar-refractivity contribution in [1.29, 1.82) is 0 Å². The first-order valence-corrected chi connectivity index (χ1v) is 10.0. The number of hydrogen-bond donors (Lipinski definition) is 0. The molecule has 1 unspecified atom stereocenters. The Hall–Kier alpha value is 0.340. The van der Waals surface area contributed by atoms with Gasteiger partial charge in [0, 0.05) is 47.3 Å². The van der Waals surface area contributed by atoms with Gasteiger partial charge in [-0.15, -0.1) is 22.9 Å². The van der Waals surface area contributed by atoms with Gasteiger partial charge in [0.05, 0.1) is 0 Å². The molecule has 4 nitrogen and oxygen atoms in total. The monoisotopic (exact) mass is 400 g/mol. The zero-order chi connectivity index (χ0) is 14.8. The van der Waals surface area contributed by atoms with Crippen LogP contribution < -0.4 is 0 Å². The third kappa shape index (κ3) is 3.96. The van der Waals surface area contributed by atoms with Crippen LogP contribution in [0.4, 0.5) is 0 Å². The van der Waals surface area contributed by atoms with E-state index in [0.717, 1.165) is 22.2 Å². The van der Waals surface area contributed by atoms with Gasteiger partial charge in [-0.2, -0.15) is 17.0 Å². The highest BCUT2D eigenvalue weighted by Gasteiger charge is 2.31. The van der Waals surface area contributed by atoms with Crippen LogP contribution >= 0.6 is 38.9 Å². The molecule has 0 amide bonds. The third-order valence-electron chi connectivity index (χ3n) is 3.42. The zero-order valence-corrected chi connectivity index (χ0v) is 15.2. The lowest BCUT2D eigenvalue weighted by molar-refractivity contribution is 0.265. The number of alkyl halides is 1. The minimum Gasteiger partial charge on any atom is -0.195 e. The molecule has 0 bridgehead atoms. The van der Waals surface area contributed by atoms with E-state index in [-0.39, 0.29) is 5.92 Å². The summed E-state index contributed by atoms with van der Waals surface area (Å²) in [5, 5.41) is 1.96. The van der Waals surface area contributed by atoms with E-state index in [4.69, 9.17) is 11.6 Å². The predicted molar refractivity (Wildman–Crippen MR) is 87.4 cm³/mol. The minimum atomic E-state index is -3.39. The van der Waals surface area contributed by atoms with Gasteiger partial charge in [0.15, 0.2) is 0 Å². The maximum Gasteiger partial charge on any atom is 0.282 e. The van der Waals surface area contributed by atoms with Gasteiger partial charge in [-0.25, -0.2) is 0 Å². The predicted octanol–water partition coefficient (Wildman–Crippen LogP) is 3.14. The lowest BCUT2D eigenvalue weighted by Crippen LogP contribution is -2.46. The van der Waals surface area contributed by atoms with E-state index < -0.39 is 10.2 Å². The summed E-state index contributed by atoms with van der Waals surface area (Å²) in [4.78, 5) is 1.02. The summed E-state index contributed by atoms with van der Waals surface area (Å²) in [5.74, 6) is 0.789. The number of rotatable bonds is 5. The van der Waals surface area contributed by atoms with Crippen molar-refractivity contribution in [3.05, 3.63) is 20.8 Å². The first-order chi connectivity index (χ1) is 9.43. The lowest BCUT2D eigenvalue weighted by Gasteiger charge is -2.33. The Morgan fingerprint density at radius 1 is 1.60 bits per heavy atom. The minimum absolute atomic E-state index is 0.268. The molecular weight excluding hydrogens is 384 g/mol. The van der Waals surface area contributed by atoms with Gasteiger partial charge in [0.1, 0.15) is 0 Å². The Kier molecular flexibility index (Phi) is 5.90. The van der Waals surface area contributed by atoms with E-state index in [9.17, 15) is 8.42 Å². The molecule has 1 atom stereocenters. The smallest absolute Gasteiger partial charge is 0.195 e. The molecule has 1 fully saturated rings. The second kappa shape index (κ2) is 7.07.